The number of hydrogen-bond acceptors (Lipinski definition) is 7. The molecule has 1 N–H and O–H groups in total. The van der Waals surface area contributed by atoms with E-state index in [4.69, 9.17) is 4.74 Å². The number of hydrogen-bond donors (Lipinski definition) is 1. The second-order valence-electron chi connectivity index (χ2n) is 5.35. The standard InChI is InChI=1S/C16H18N2O7S/c1-5-18-15(20)10(8-17-18)13(19)9-6-7-11(26(4,22)23)12(14(9)24-2)16(21)25-3/h6-8,17H,5H2,1-4H3. The maximum Gasteiger partial charge on any atom is 0.343 e. The summed E-state index contributed by atoms with van der Waals surface area (Å²) < 4.78 is 35.0. The van der Waals surface area contributed by atoms with E-state index in [2.05, 4.69) is 9.84 Å². The molecule has 0 amide bonds. The third-order valence-electron chi connectivity index (χ3n) is 3.76. The lowest BCUT2D eigenvalue weighted by molar-refractivity contribution is 0.0592. The maximum atomic E-state index is 12.8. The molecule has 0 bridgehead atoms. The summed E-state index contributed by atoms with van der Waals surface area (Å²) in [5, 5.41) is 2.65. The van der Waals surface area contributed by atoms with Crippen LogP contribution in [0.3, 0.4) is 0 Å². The van der Waals surface area contributed by atoms with Gasteiger partial charge in [-0.3, -0.25) is 14.3 Å². The lowest BCUT2D eigenvalue weighted by Crippen LogP contribution is -2.22. The van der Waals surface area contributed by atoms with Crippen LogP contribution < -0.4 is 10.3 Å². The fourth-order valence-electron chi connectivity index (χ4n) is 2.51. The Kier molecular flexibility index (Phi) is 5.36. The molecule has 0 atom stereocenters. The Morgan fingerprint density at radius 1 is 1.19 bits per heavy atom. The SMILES string of the molecule is CCn1[nH]cc(C(=O)c2ccc(S(C)(=O)=O)c(C(=O)OC)c2OC)c1=O. The molecule has 2 rings (SSSR count). The minimum Gasteiger partial charge on any atom is -0.495 e. The van der Waals surface area contributed by atoms with E-state index in [1.54, 1.807) is 6.92 Å². The van der Waals surface area contributed by atoms with Gasteiger partial charge in [0.15, 0.2) is 9.84 Å². The molecule has 0 aliphatic rings. The van der Waals surface area contributed by atoms with Gasteiger partial charge in [0.2, 0.25) is 5.78 Å². The number of rotatable bonds is 6. The summed E-state index contributed by atoms with van der Waals surface area (Å²) in [5.41, 5.74) is -1.21. The van der Waals surface area contributed by atoms with Crippen molar-refractivity contribution >= 4 is 21.6 Å². The molecular weight excluding hydrogens is 364 g/mol. The monoisotopic (exact) mass is 382 g/mol. The molecule has 0 spiro atoms. The minimum atomic E-state index is -3.80. The Hall–Kier alpha value is -2.88. The number of H-pyrrole nitrogens is 1. The first kappa shape index (κ1) is 19.4. The van der Waals surface area contributed by atoms with Gasteiger partial charge in [-0.25, -0.2) is 13.2 Å². The first-order valence-electron chi connectivity index (χ1n) is 7.49. The number of carbonyl (C=O) groups excluding carboxylic acids is 2. The second kappa shape index (κ2) is 7.16. The quantitative estimate of drug-likeness (QED) is 0.574. The van der Waals surface area contributed by atoms with Crippen LogP contribution in [0.1, 0.15) is 33.2 Å². The number of ether oxygens (including phenoxy) is 2. The number of benzene rings is 1. The third-order valence-corrected chi connectivity index (χ3v) is 4.90. The van der Waals surface area contributed by atoms with E-state index in [1.807, 2.05) is 0 Å². The van der Waals surface area contributed by atoms with Crippen molar-refractivity contribution in [3.63, 3.8) is 0 Å². The molecule has 0 aliphatic heterocycles. The van der Waals surface area contributed by atoms with Crippen molar-refractivity contribution in [2.75, 3.05) is 20.5 Å². The van der Waals surface area contributed by atoms with E-state index < -0.39 is 32.7 Å². The summed E-state index contributed by atoms with van der Waals surface area (Å²) in [6.45, 7) is 2.06. The number of nitrogens with zero attached hydrogens (tertiary/aromatic N) is 1. The molecule has 2 aromatic rings. The first-order valence-corrected chi connectivity index (χ1v) is 9.38. The maximum absolute atomic E-state index is 12.8. The Morgan fingerprint density at radius 2 is 1.85 bits per heavy atom. The van der Waals surface area contributed by atoms with Gasteiger partial charge in [-0.15, -0.1) is 0 Å². The third kappa shape index (κ3) is 3.27. The van der Waals surface area contributed by atoms with E-state index in [9.17, 15) is 22.8 Å². The predicted octanol–water partition coefficient (Wildman–Crippen LogP) is 0.626. The molecule has 0 fully saturated rings. The number of ketones is 1. The smallest absolute Gasteiger partial charge is 0.343 e. The zero-order chi connectivity index (χ0) is 19.6. The van der Waals surface area contributed by atoms with Crippen LogP contribution in [0, 0.1) is 0 Å². The number of methoxy groups -OCH3 is 2. The molecule has 10 heteroatoms. The average Bonchev–Trinajstić information content (AvgIpc) is 2.98. The minimum absolute atomic E-state index is 0.125. The average molecular weight is 382 g/mol. The van der Waals surface area contributed by atoms with Crippen LogP contribution in [0.25, 0.3) is 0 Å². The van der Waals surface area contributed by atoms with E-state index >= 15 is 0 Å². The van der Waals surface area contributed by atoms with Crippen LogP contribution in [-0.2, 0) is 21.1 Å². The summed E-state index contributed by atoms with van der Waals surface area (Å²) in [5.74, 6) is -1.95. The zero-order valence-corrected chi connectivity index (χ0v) is 15.5. The molecule has 0 aliphatic carbocycles. The van der Waals surface area contributed by atoms with Gasteiger partial charge in [-0.05, 0) is 19.1 Å². The molecule has 0 saturated heterocycles. The summed E-state index contributed by atoms with van der Waals surface area (Å²) in [6.07, 6.45) is 2.16. The lowest BCUT2D eigenvalue weighted by Gasteiger charge is -2.14. The fraction of sp³-hybridized carbons (Fsp3) is 0.312. The van der Waals surface area contributed by atoms with Gasteiger partial charge >= 0.3 is 5.97 Å². The highest BCUT2D eigenvalue weighted by Crippen LogP contribution is 2.32. The zero-order valence-electron chi connectivity index (χ0n) is 14.7. The number of carbonyl (C=O) groups is 2. The van der Waals surface area contributed by atoms with Gasteiger partial charge in [-0.1, -0.05) is 0 Å². The molecule has 1 aromatic heterocycles. The molecule has 140 valence electrons. The summed E-state index contributed by atoms with van der Waals surface area (Å²) in [7, 11) is -1.54. The number of esters is 1. The number of aromatic nitrogens is 2. The highest BCUT2D eigenvalue weighted by atomic mass is 32.2. The topological polar surface area (TPSA) is 125 Å². The van der Waals surface area contributed by atoms with Crippen molar-refractivity contribution in [2.45, 2.75) is 18.4 Å². The van der Waals surface area contributed by atoms with Crippen molar-refractivity contribution in [3.05, 3.63) is 45.4 Å². The van der Waals surface area contributed by atoms with E-state index in [0.717, 1.165) is 19.4 Å². The Balaban J connectivity index is 2.78. The van der Waals surface area contributed by atoms with Crippen molar-refractivity contribution in [1.29, 1.82) is 0 Å². The van der Waals surface area contributed by atoms with Crippen LogP contribution in [0.4, 0.5) is 0 Å². The number of aromatic amines is 1. The number of sulfone groups is 1. The van der Waals surface area contributed by atoms with Crippen LogP contribution in [-0.4, -0.2) is 50.4 Å². The van der Waals surface area contributed by atoms with Gasteiger partial charge in [0, 0.05) is 19.0 Å². The molecule has 0 unspecified atom stereocenters. The molecule has 0 saturated carbocycles. The highest BCUT2D eigenvalue weighted by molar-refractivity contribution is 7.90. The normalized spacial score (nSPS) is 11.2. The van der Waals surface area contributed by atoms with Crippen LogP contribution in [0.2, 0.25) is 0 Å². The molecule has 0 radical (unpaired) electrons. The highest BCUT2D eigenvalue weighted by Gasteiger charge is 2.30. The molecular formula is C16H18N2O7S. The van der Waals surface area contributed by atoms with Crippen molar-refractivity contribution in [2.24, 2.45) is 0 Å². The van der Waals surface area contributed by atoms with Crippen LogP contribution in [0.15, 0.2) is 28.0 Å². The van der Waals surface area contributed by atoms with Crippen molar-refractivity contribution in [1.82, 2.24) is 9.78 Å². The lowest BCUT2D eigenvalue weighted by atomic mass is 10.0. The Labute approximate surface area is 149 Å². The fourth-order valence-corrected chi connectivity index (χ4v) is 3.37. The number of nitrogens with one attached hydrogen (secondary N) is 1. The van der Waals surface area contributed by atoms with E-state index in [-0.39, 0.29) is 21.8 Å². The van der Waals surface area contributed by atoms with E-state index in [1.165, 1.54) is 24.1 Å². The predicted molar refractivity (Wildman–Crippen MR) is 91.6 cm³/mol. The van der Waals surface area contributed by atoms with Crippen molar-refractivity contribution < 1.29 is 27.5 Å². The summed E-state index contributed by atoms with van der Waals surface area (Å²) >= 11 is 0. The van der Waals surface area contributed by atoms with Crippen molar-refractivity contribution in [3.8, 4) is 5.75 Å². The summed E-state index contributed by atoms with van der Waals surface area (Å²) in [6, 6.07) is 2.31. The number of aryl methyl sites for hydroxylation is 1. The summed E-state index contributed by atoms with van der Waals surface area (Å²) in [4.78, 5) is 36.8. The van der Waals surface area contributed by atoms with Crippen LogP contribution >= 0.6 is 0 Å². The van der Waals surface area contributed by atoms with Gasteiger partial charge in [-0.2, -0.15) is 0 Å². The van der Waals surface area contributed by atoms with Crippen LogP contribution in [0.5, 0.6) is 5.75 Å². The van der Waals surface area contributed by atoms with Gasteiger partial charge < -0.3 is 14.6 Å². The first-order chi connectivity index (χ1) is 12.2. The van der Waals surface area contributed by atoms with Gasteiger partial charge in [0.05, 0.1) is 24.7 Å². The van der Waals surface area contributed by atoms with E-state index in [0.29, 0.717) is 6.54 Å². The molecule has 9 nitrogen and oxygen atoms in total. The molecule has 26 heavy (non-hydrogen) atoms. The second-order valence-corrected chi connectivity index (χ2v) is 7.33. The Morgan fingerprint density at radius 3 is 2.31 bits per heavy atom. The van der Waals surface area contributed by atoms with Gasteiger partial charge in [0.1, 0.15) is 16.9 Å². The largest absolute Gasteiger partial charge is 0.495 e. The Bertz CT molecular complexity index is 1030. The molecule has 1 aromatic carbocycles. The molecule has 1 heterocycles. The van der Waals surface area contributed by atoms with Gasteiger partial charge in [0.25, 0.3) is 5.56 Å².